The van der Waals surface area contributed by atoms with Gasteiger partial charge in [0.1, 0.15) is 16.3 Å². The van der Waals surface area contributed by atoms with E-state index in [-0.39, 0.29) is 0 Å². The number of hydrogen-bond acceptors (Lipinski definition) is 2. The highest BCUT2D eigenvalue weighted by molar-refractivity contribution is 9.09. The van der Waals surface area contributed by atoms with Crippen molar-refractivity contribution in [3.05, 3.63) is 59.1 Å². The number of carboxylic acid groups (broad SMARTS) is 1. The van der Waals surface area contributed by atoms with Crippen LogP contribution < -0.4 is 4.74 Å². The second kappa shape index (κ2) is 6.08. The molecule has 0 aliphatic carbocycles. The van der Waals surface area contributed by atoms with Gasteiger partial charge in [0.15, 0.2) is 0 Å². The third-order valence-corrected chi connectivity index (χ3v) is 3.61. The van der Waals surface area contributed by atoms with Gasteiger partial charge in [0.05, 0.1) is 0 Å². The molecule has 0 aromatic heterocycles. The number of hydrogen-bond donors (Lipinski definition) is 1. The Kier molecular flexibility index (Phi) is 4.45. The summed E-state index contributed by atoms with van der Waals surface area (Å²) in [7, 11) is 0. The monoisotopic (exact) mass is 340 g/mol. The molecule has 1 atom stereocenters. The summed E-state index contributed by atoms with van der Waals surface area (Å²) in [5, 5.41) is 9.52. The zero-order valence-electron chi connectivity index (χ0n) is 9.72. The quantitative estimate of drug-likeness (QED) is 0.823. The van der Waals surface area contributed by atoms with Gasteiger partial charge in [-0.2, -0.15) is 0 Å². The number of benzene rings is 2. The normalized spacial score (nSPS) is 11.9. The first-order valence-electron chi connectivity index (χ1n) is 5.46. The van der Waals surface area contributed by atoms with E-state index in [4.69, 9.17) is 21.4 Å². The lowest BCUT2D eigenvalue weighted by Crippen LogP contribution is -2.03. The minimum atomic E-state index is -0.925. The topological polar surface area (TPSA) is 46.5 Å². The van der Waals surface area contributed by atoms with Crippen LogP contribution >= 0.6 is 27.5 Å². The van der Waals surface area contributed by atoms with E-state index in [1.54, 1.807) is 48.5 Å². The van der Waals surface area contributed by atoms with Crippen molar-refractivity contribution in [3.8, 4) is 11.5 Å². The van der Waals surface area contributed by atoms with Crippen molar-refractivity contribution < 1.29 is 14.6 Å². The predicted octanol–water partition coefficient (Wildman–Crippen LogP) is 4.65. The minimum Gasteiger partial charge on any atom is -0.480 e. The average molecular weight is 342 g/mol. The summed E-state index contributed by atoms with van der Waals surface area (Å²) in [6.07, 6.45) is 0. The Morgan fingerprint density at radius 2 is 1.53 bits per heavy atom. The molecule has 0 bridgehead atoms. The summed E-state index contributed by atoms with van der Waals surface area (Å²) >= 11 is 8.88. The molecule has 0 aliphatic rings. The van der Waals surface area contributed by atoms with Gasteiger partial charge in [-0.3, -0.25) is 4.79 Å². The third-order valence-electron chi connectivity index (χ3n) is 2.44. The lowest BCUT2D eigenvalue weighted by atomic mass is 10.1. The van der Waals surface area contributed by atoms with Crippen LogP contribution in [-0.4, -0.2) is 11.1 Å². The van der Waals surface area contributed by atoms with E-state index in [1.807, 2.05) is 0 Å². The smallest absolute Gasteiger partial charge is 0.321 e. The Hall–Kier alpha value is -1.52. The van der Waals surface area contributed by atoms with Crippen LogP contribution in [0.4, 0.5) is 0 Å². The van der Waals surface area contributed by atoms with Crippen LogP contribution in [0.2, 0.25) is 5.02 Å². The molecule has 98 valence electrons. The van der Waals surface area contributed by atoms with Gasteiger partial charge in [-0.15, -0.1) is 0 Å². The summed E-state index contributed by atoms with van der Waals surface area (Å²) in [5.74, 6) is 0.383. The molecular weight excluding hydrogens is 332 g/mol. The lowest BCUT2D eigenvalue weighted by Gasteiger charge is -2.08. The molecule has 0 fully saturated rings. The number of aliphatic carboxylic acids is 1. The van der Waals surface area contributed by atoms with Crippen LogP contribution in [0.3, 0.4) is 0 Å². The van der Waals surface area contributed by atoms with E-state index < -0.39 is 10.8 Å². The molecule has 0 heterocycles. The van der Waals surface area contributed by atoms with Crippen molar-refractivity contribution in [1.82, 2.24) is 0 Å². The molecular formula is C14H10BrClO3. The predicted molar refractivity (Wildman–Crippen MR) is 77.3 cm³/mol. The molecule has 0 saturated carbocycles. The van der Waals surface area contributed by atoms with Gasteiger partial charge in [0, 0.05) is 5.02 Å². The van der Waals surface area contributed by atoms with Gasteiger partial charge < -0.3 is 9.84 Å². The fourth-order valence-corrected chi connectivity index (χ4v) is 1.92. The van der Waals surface area contributed by atoms with Crippen LogP contribution in [0.15, 0.2) is 48.5 Å². The van der Waals surface area contributed by atoms with Crippen LogP contribution in [0.25, 0.3) is 0 Å². The number of carboxylic acids is 1. The molecule has 0 spiro atoms. The Bertz CT molecular complexity index is 566. The Labute approximate surface area is 123 Å². The first-order valence-corrected chi connectivity index (χ1v) is 6.76. The minimum absolute atomic E-state index is 0.635. The molecule has 2 aromatic carbocycles. The van der Waals surface area contributed by atoms with Crippen LogP contribution in [0.1, 0.15) is 10.4 Å². The summed E-state index contributed by atoms with van der Waals surface area (Å²) in [5.41, 5.74) is 0.663. The lowest BCUT2D eigenvalue weighted by molar-refractivity contribution is -0.136. The maximum Gasteiger partial charge on any atom is 0.321 e. The highest BCUT2D eigenvalue weighted by Gasteiger charge is 2.15. The average Bonchev–Trinajstić information content (AvgIpc) is 2.41. The van der Waals surface area contributed by atoms with Gasteiger partial charge in [0.2, 0.25) is 0 Å². The van der Waals surface area contributed by atoms with E-state index in [0.29, 0.717) is 22.1 Å². The van der Waals surface area contributed by atoms with E-state index in [0.717, 1.165) is 0 Å². The zero-order valence-corrected chi connectivity index (χ0v) is 12.1. The highest BCUT2D eigenvalue weighted by atomic mass is 79.9. The summed E-state index contributed by atoms with van der Waals surface area (Å²) in [6.45, 7) is 0. The summed E-state index contributed by atoms with van der Waals surface area (Å²) in [4.78, 5) is 10.1. The summed E-state index contributed by atoms with van der Waals surface area (Å²) < 4.78 is 5.61. The van der Waals surface area contributed by atoms with Crippen LogP contribution in [-0.2, 0) is 4.79 Å². The van der Waals surface area contributed by atoms with Crippen molar-refractivity contribution in [2.75, 3.05) is 0 Å². The Morgan fingerprint density at radius 1 is 1.05 bits per heavy atom. The fraction of sp³-hybridized carbons (Fsp3) is 0.0714. The standard InChI is InChI=1S/C14H10BrClO3/c15-13(14(17)18)9-1-5-11(6-2-9)19-12-7-3-10(16)4-8-12/h1-8,13H,(H,17,18). The SMILES string of the molecule is O=C(O)C(Br)c1ccc(Oc2ccc(Cl)cc2)cc1. The number of rotatable bonds is 4. The molecule has 2 rings (SSSR count). The third kappa shape index (κ3) is 3.72. The van der Waals surface area contributed by atoms with Crippen molar-refractivity contribution in [2.45, 2.75) is 4.83 Å². The van der Waals surface area contributed by atoms with E-state index in [9.17, 15) is 4.79 Å². The summed E-state index contributed by atoms with van der Waals surface area (Å²) in [6, 6.07) is 13.9. The van der Waals surface area contributed by atoms with Crippen LogP contribution in [0, 0.1) is 0 Å². The highest BCUT2D eigenvalue weighted by Crippen LogP contribution is 2.27. The Balaban J connectivity index is 2.10. The van der Waals surface area contributed by atoms with E-state index in [2.05, 4.69) is 15.9 Å². The van der Waals surface area contributed by atoms with Gasteiger partial charge in [-0.25, -0.2) is 0 Å². The second-order valence-corrected chi connectivity index (χ2v) is 5.18. The molecule has 0 radical (unpaired) electrons. The molecule has 1 N–H and O–H groups in total. The molecule has 2 aromatic rings. The first-order chi connectivity index (χ1) is 9.06. The molecule has 0 aliphatic heterocycles. The Morgan fingerprint density at radius 3 is 2.00 bits per heavy atom. The van der Waals surface area contributed by atoms with Crippen molar-refractivity contribution in [3.63, 3.8) is 0 Å². The van der Waals surface area contributed by atoms with E-state index >= 15 is 0 Å². The van der Waals surface area contributed by atoms with Gasteiger partial charge >= 0.3 is 5.97 Å². The van der Waals surface area contributed by atoms with E-state index in [1.165, 1.54) is 0 Å². The zero-order chi connectivity index (χ0) is 13.8. The molecule has 0 amide bonds. The molecule has 1 unspecified atom stereocenters. The van der Waals surface area contributed by atoms with Crippen molar-refractivity contribution in [1.29, 1.82) is 0 Å². The largest absolute Gasteiger partial charge is 0.480 e. The molecule has 19 heavy (non-hydrogen) atoms. The molecule has 3 nitrogen and oxygen atoms in total. The van der Waals surface area contributed by atoms with Crippen molar-refractivity contribution in [2.24, 2.45) is 0 Å². The van der Waals surface area contributed by atoms with Crippen LogP contribution in [0.5, 0.6) is 11.5 Å². The number of carbonyl (C=O) groups is 1. The van der Waals surface area contributed by atoms with Gasteiger partial charge in [-0.1, -0.05) is 39.7 Å². The van der Waals surface area contributed by atoms with Gasteiger partial charge in [0.25, 0.3) is 0 Å². The maximum atomic E-state index is 10.8. The first kappa shape index (κ1) is 13.9. The van der Waals surface area contributed by atoms with Gasteiger partial charge in [-0.05, 0) is 42.0 Å². The molecule has 5 heteroatoms. The number of halogens is 2. The van der Waals surface area contributed by atoms with Crippen molar-refractivity contribution >= 4 is 33.5 Å². The number of alkyl halides is 1. The number of ether oxygens (including phenoxy) is 1. The maximum absolute atomic E-state index is 10.8. The molecule has 0 saturated heterocycles. The second-order valence-electron chi connectivity index (χ2n) is 3.83. The fourth-order valence-electron chi connectivity index (χ4n) is 1.49.